The molecule has 2 aromatic carbocycles. The highest BCUT2D eigenvalue weighted by Crippen LogP contribution is 2.29. The van der Waals surface area contributed by atoms with Crippen molar-refractivity contribution in [1.82, 2.24) is 26.2 Å². The van der Waals surface area contributed by atoms with Gasteiger partial charge in [-0.3, -0.25) is 28.9 Å². The second kappa shape index (κ2) is 22.3. The van der Waals surface area contributed by atoms with E-state index in [9.17, 15) is 24.0 Å². The summed E-state index contributed by atoms with van der Waals surface area (Å²) in [7, 11) is 0. The smallest absolute Gasteiger partial charge is 0.243 e. The minimum atomic E-state index is -1.03. The van der Waals surface area contributed by atoms with Crippen LogP contribution in [0.15, 0.2) is 60.7 Å². The Kier molecular flexibility index (Phi) is 18.3. The second-order valence-electron chi connectivity index (χ2n) is 15.0. The molecular formula is C42H63N5O7. The van der Waals surface area contributed by atoms with E-state index in [1.54, 1.807) is 6.92 Å². The van der Waals surface area contributed by atoms with E-state index < -0.39 is 47.5 Å². The van der Waals surface area contributed by atoms with Crippen molar-refractivity contribution in [2.45, 2.75) is 110 Å². The molecule has 2 aromatic rings. The topological polar surface area (TPSA) is 158 Å². The van der Waals surface area contributed by atoms with Gasteiger partial charge in [-0.1, -0.05) is 102 Å². The molecule has 298 valence electrons. The van der Waals surface area contributed by atoms with Crippen LogP contribution in [0, 0.1) is 11.8 Å². The van der Waals surface area contributed by atoms with E-state index in [2.05, 4.69) is 21.3 Å². The first-order valence-corrected chi connectivity index (χ1v) is 19.6. The zero-order valence-electron chi connectivity index (χ0n) is 33.3. The predicted octanol–water partition coefficient (Wildman–Crippen LogP) is 3.61. The largest absolute Gasteiger partial charge is 0.379 e. The van der Waals surface area contributed by atoms with Crippen LogP contribution >= 0.6 is 0 Å². The summed E-state index contributed by atoms with van der Waals surface area (Å²) in [5.41, 5.74) is 0.915. The van der Waals surface area contributed by atoms with E-state index >= 15 is 0 Å². The van der Waals surface area contributed by atoms with Gasteiger partial charge in [-0.15, -0.1) is 0 Å². The van der Waals surface area contributed by atoms with Crippen LogP contribution in [0.2, 0.25) is 0 Å². The predicted molar refractivity (Wildman–Crippen MR) is 210 cm³/mol. The number of rotatable bonds is 20. The molecule has 0 aromatic heterocycles. The summed E-state index contributed by atoms with van der Waals surface area (Å²) in [4.78, 5) is 70.5. The Labute approximate surface area is 321 Å². The molecule has 2 aliphatic heterocycles. The van der Waals surface area contributed by atoms with Crippen LogP contribution < -0.4 is 21.3 Å². The average Bonchev–Trinajstić information content (AvgIpc) is 3.91. The fourth-order valence-corrected chi connectivity index (χ4v) is 6.33. The molecule has 0 saturated carbocycles. The Morgan fingerprint density at radius 3 is 1.72 bits per heavy atom. The number of hydrogen-bond acceptors (Lipinski definition) is 8. The maximum atomic E-state index is 14.1. The Balaban J connectivity index is 0.00000385. The van der Waals surface area contributed by atoms with E-state index in [4.69, 9.17) is 9.47 Å². The number of epoxide rings is 1. The maximum absolute atomic E-state index is 14.1. The van der Waals surface area contributed by atoms with Gasteiger partial charge in [-0.25, -0.2) is 0 Å². The third-order valence-electron chi connectivity index (χ3n) is 9.38. The van der Waals surface area contributed by atoms with Crippen LogP contribution in [0.5, 0.6) is 0 Å². The van der Waals surface area contributed by atoms with Crippen molar-refractivity contribution in [1.29, 1.82) is 0 Å². The van der Waals surface area contributed by atoms with Crippen molar-refractivity contribution in [2.75, 3.05) is 39.5 Å². The molecule has 4 amide bonds. The van der Waals surface area contributed by atoms with Gasteiger partial charge in [-0.05, 0) is 55.6 Å². The Morgan fingerprint density at radius 2 is 1.17 bits per heavy atom. The summed E-state index contributed by atoms with van der Waals surface area (Å²) in [6.45, 7) is 16.3. The van der Waals surface area contributed by atoms with E-state index in [-0.39, 0.29) is 36.5 Å². The molecule has 12 heteroatoms. The quantitative estimate of drug-likeness (QED) is 0.150. The molecule has 2 saturated heterocycles. The third-order valence-corrected chi connectivity index (χ3v) is 9.38. The number of morpholine rings is 1. The minimum Gasteiger partial charge on any atom is -0.379 e. The first-order chi connectivity index (χ1) is 25.8. The van der Waals surface area contributed by atoms with Crippen LogP contribution in [-0.2, 0) is 46.3 Å². The van der Waals surface area contributed by atoms with Gasteiger partial charge in [0.1, 0.15) is 23.7 Å². The highest BCUT2D eigenvalue weighted by Gasteiger charge is 2.50. The summed E-state index contributed by atoms with van der Waals surface area (Å²) >= 11 is 0. The minimum absolute atomic E-state index is 0.0171. The number of benzene rings is 2. The molecule has 2 aliphatic rings. The van der Waals surface area contributed by atoms with Crippen molar-refractivity contribution >= 4 is 29.4 Å². The van der Waals surface area contributed by atoms with Crippen LogP contribution in [0.4, 0.5) is 0 Å². The molecule has 0 spiro atoms. The monoisotopic (exact) mass is 749 g/mol. The first-order valence-electron chi connectivity index (χ1n) is 19.6. The lowest BCUT2D eigenvalue weighted by molar-refractivity contribution is -0.135. The zero-order chi connectivity index (χ0) is 39.7. The van der Waals surface area contributed by atoms with Crippen LogP contribution in [0.3, 0.4) is 0 Å². The number of carbonyl (C=O) groups is 5. The van der Waals surface area contributed by atoms with Crippen molar-refractivity contribution in [3.63, 3.8) is 0 Å². The number of aryl methyl sites for hydroxylation is 1. The summed E-state index contributed by atoms with van der Waals surface area (Å²) in [5.74, 6) is -1.83. The van der Waals surface area contributed by atoms with Crippen molar-refractivity contribution in [3.05, 3.63) is 71.8 Å². The summed E-state index contributed by atoms with van der Waals surface area (Å²) in [6.07, 6.45) is 1.76. The van der Waals surface area contributed by atoms with E-state index in [0.29, 0.717) is 58.6 Å². The number of hydrogen-bond donors (Lipinski definition) is 4. The van der Waals surface area contributed by atoms with Gasteiger partial charge in [0, 0.05) is 19.5 Å². The molecule has 0 unspecified atom stereocenters. The van der Waals surface area contributed by atoms with Gasteiger partial charge in [0.2, 0.25) is 23.6 Å². The number of nitrogens with zero attached hydrogens (tertiary/aromatic N) is 1. The van der Waals surface area contributed by atoms with Crippen molar-refractivity contribution in [3.8, 4) is 0 Å². The average molecular weight is 750 g/mol. The SMILES string of the molecule is CC.CC(C)C[C@H](NC(=O)[C@H](CCc1ccccc1)NC(=O)CN1CCOCC1)C(=O)N[C@@H](Cc1ccccc1)C(=O)N[C@@H](CC(C)C)C(=O)[C@@]1(C)CO1. The van der Waals surface area contributed by atoms with Gasteiger partial charge < -0.3 is 30.7 Å². The summed E-state index contributed by atoms with van der Waals surface area (Å²) in [6, 6.07) is 15.3. The van der Waals surface area contributed by atoms with Gasteiger partial charge in [0.05, 0.1) is 32.4 Å². The molecule has 54 heavy (non-hydrogen) atoms. The lowest BCUT2D eigenvalue weighted by atomic mass is 9.93. The third kappa shape index (κ3) is 14.9. The maximum Gasteiger partial charge on any atom is 0.243 e. The number of amides is 4. The number of Topliss-reactive ketones (excluding diaryl/α,β-unsaturated/α-hetero) is 1. The second-order valence-corrected chi connectivity index (χ2v) is 15.0. The number of carbonyl (C=O) groups excluding carboxylic acids is 5. The summed E-state index contributed by atoms with van der Waals surface area (Å²) in [5, 5.41) is 11.7. The molecule has 4 N–H and O–H groups in total. The molecule has 0 radical (unpaired) electrons. The number of nitrogens with one attached hydrogen (secondary N) is 4. The first kappa shape index (κ1) is 44.3. The van der Waals surface area contributed by atoms with Crippen molar-refractivity contribution < 1.29 is 33.4 Å². The number of ketones is 1. The van der Waals surface area contributed by atoms with Crippen LogP contribution in [-0.4, -0.2) is 104 Å². The molecular weight excluding hydrogens is 686 g/mol. The molecule has 12 nitrogen and oxygen atoms in total. The molecule has 0 aliphatic carbocycles. The van der Waals surface area contributed by atoms with E-state index in [0.717, 1.165) is 11.1 Å². The Hall–Kier alpha value is -4.13. The molecule has 4 rings (SSSR count). The van der Waals surface area contributed by atoms with Gasteiger partial charge in [0.25, 0.3) is 0 Å². The standard InChI is InChI=1S/C40H57N5O7.C2H6/c1-27(2)22-32(36(47)40(5)26-52-40)42-39(50)34(24-30-14-10-7-11-15-30)44-38(49)33(23-28(3)4)43-37(48)31(17-16-29-12-8-6-9-13-29)41-35(46)25-45-18-20-51-21-19-45;1-2/h6-15,27-28,31-34H,16-26H2,1-5H3,(H,41,46)(H,42,50)(H,43,48)(H,44,49);1-2H3/t31-,32-,33-,34-,40+;/m0./s1. The fraction of sp³-hybridized carbons (Fsp3) is 0.595. The normalized spacial score (nSPS) is 19.0. The molecule has 2 heterocycles. The van der Waals surface area contributed by atoms with Crippen molar-refractivity contribution in [2.24, 2.45) is 11.8 Å². The highest BCUT2D eigenvalue weighted by molar-refractivity contribution is 5.98. The summed E-state index contributed by atoms with van der Waals surface area (Å²) < 4.78 is 10.8. The lowest BCUT2D eigenvalue weighted by Crippen LogP contribution is -2.59. The van der Waals surface area contributed by atoms with E-state index in [1.165, 1.54) is 0 Å². The van der Waals surface area contributed by atoms with Gasteiger partial charge >= 0.3 is 0 Å². The molecule has 5 atom stereocenters. The fourth-order valence-electron chi connectivity index (χ4n) is 6.33. The van der Waals surface area contributed by atoms with E-state index in [1.807, 2.05) is 107 Å². The van der Waals surface area contributed by atoms with Crippen LogP contribution in [0.1, 0.15) is 78.9 Å². The van der Waals surface area contributed by atoms with Crippen LogP contribution in [0.25, 0.3) is 0 Å². The van der Waals surface area contributed by atoms with Gasteiger partial charge in [0.15, 0.2) is 5.78 Å². The zero-order valence-corrected chi connectivity index (χ0v) is 33.3. The Morgan fingerprint density at radius 1 is 0.685 bits per heavy atom. The molecule has 2 fully saturated rings. The number of ether oxygens (including phenoxy) is 2. The Bertz CT molecular complexity index is 1480. The lowest BCUT2D eigenvalue weighted by Gasteiger charge is -2.29. The molecule has 0 bridgehead atoms. The van der Waals surface area contributed by atoms with Gasteiger partial charge in [-0.2, -0.15) is 0 Å². The highest BCUT2D eigenvalue weighted by atomic mass is 16.6.